The number of aryl methyl sites for hydroxylation is 1. The molecule has 2 heterocycles. The number of hydrogen-bond donors (Lipinski definition) is 1. The summed E-state index contributed by atoms with van der Waals surface area (Å²) >= 11 is 0. The average Bonchev–Trinajstić information content (AvgIpc) is 3.30. The molecule has 1 aliphatic heterocycles. The van der Waals surface area contributed by atoms with E-state index < -0.39 is 12.1 Å². The van der Waals surface area contributed by atoms with Gasteiger partial charge in [-0.3, -0.25) is 0 Å². The number of carbonyl (C=O) groups excluding carboxylic acids is 1. The van der Waals surface area contributed by atoms with Crippen molar-refractivity contribution in [3.8, 4) is 17.2 Å². The number of fused-ring (bicyclic) bond motifs is 1. The maximum Gasteiger partial charge on any atom is 0.410 e. The van der Waals surface area contributed by atoms with Gasteiger partial charge in [0.05, 0.1) is 18.9 Å². The number of nitrogens with zero attached hydrogens (tertiary/aromatic N) is 2. The number of aromatic nitrogens is 1. The molecule has 1 aliphatic rings. The molecular weight excluding hydrogens is 512 g/mol. The molecule has 2 aromatic carbocycles. The fourth-order valence-electron chi connectivity index (χ4n) is 4.65. The van der Waals surface area contributed by atoms with E-state index in [-0.39, 0.29) is 17.9 Å². The summed E-state index contributed by atoms with van der Waals surface area (Å²) in [6, 6.07) is 13.5. The van der Waals surface area contributed by atoms with Crippen LogP contribution in [0.15, 0.2) is 46.9 Å². The number of amides is 1. The summed E-state index contributed by atoms with van der Waals surface area (Å²) < 4.78 is 22.9. The van der Waals surface area contributed by atoms with Crippen LogP contribution in [0.2, 0.25) is 0 Å². The monoisotopic (exact) mass is 550 g/mol. The number of ether oxygens (including phenoxy) is 3. The van der Waals surface area contributed by atoms with Crippen LogP contribution < -0.4 is 4.74 Å². The molecule has 40 heavy (non-hydrogen) atoms. The zero-order chi connectivity index (χ0) is 28.9. The highest BCUT2D eigenvalue weighted by atomic mass is 16.6. The highest BCUT2D eigenvalue weighted by Crippen LogP contribution is 2.33. The van der Waals surface area contributed by atoms with Crippen LogP contribution in [-0.2, 0) is 40.1 Å². The van der Waals surface area contributed by atoms with Crippen LogP contribution in [0.3, 0.4) is 0 Å². The Kier molecular flexibility index (Phi) is 9.14. The predicted molar refractivity (Wildman–Crippen MR) is 149 cm³/mol. The van der Waals surface area contributed by atoms with Gasteiger partial charge in [-0.2, -0.15) is 0 Å². The SMILES string of the molecule is COC(Cc1ccc(OCCc2nc(-c3ccccc3)oc2C)c2c1CN(C(=O)OCC(C)(C)C)CC2)C(=O)O. The van der Waals surface area contributed by atoms with E-state index in [1.165, 1.54) is 7.11 Å². The third-order valence-electron chi connectivity index (χ3n) is 6.83. The van der Waals surface area contributed by atoms with Crippen molar-refractivity contribution in [1.29, 1.82) is 0 Å². The van der Waals surface area contributed by atoms with Crippen LogP contribution in [0.5, 0.6) is 5.75 Å². The van der Waals surface area contributed by atoms with Gasteiger partial charge in [0.15, 0.2) is 6.10 Å². The van der Waals surface area contributed by atoms with Gasteiger partial charge < -0.3 is 28.6 Å². The Hall–Kier alpha value is -3.85. The van der Waals surface area contributed by atoms with Crippen LogP contribution in [0.25, 0.3) is 11.5 Å². The first-order valence-corrected chi connectivity index (χ1v) is 13.5. The van der Waals surface area contributed by atoms with E-state index in [9.17, 15) is 14.7 Å². The highest BCUT2D eigenvalue weighted by Gasteiger charge is 2.29. The summed E-state index contributed by atoms with van der Waals surface area (Å²) in [5, 5.41) is 9.55. The molecule has 3 aromatic rings. The Morgan fingerprint density at radius 3 is 2.55 bits per heavy atom. The normalized spacial score (nSPS) is 14.0. The number of rotatable bonds is 10. The van der Waals surface area contributed by atoms with E-state index in [2.05, 4.69) is 4.98 Å². The number of aliphatic carboxylic acids is 1. The summed E-state index contributed by atoms with van der Waals surface area (Å²) in [5.41, 5.74) is 4.27. The Morgan fingerprint density at radius 1 is 1.12 bits per heavy atom. The number of carboxylic acid groups (broad SMARTS) is 1. The first-order chi connectivity index (χ1) is 19.1. The first-order valence-electron chi connectivity index (χ1n) is 13.5. The molecular formula is C31H38N2O7. The van der Waals surface area contributed by atoms with E-state index >= 15 is 0 Å². The largest absolute Gasteiger partial charge is 0.493 e. The van der Waals surface area contributed by atoms with E-state index in [0.717, 1.165) is 39.5 Å². The number of benzene rings is 2. The molecule has 0 spiro atoms. The molecule has 0 saturated carbocycles. The minimum Gasteiger partial charge on any atom is -0.493 e. The molecule has 1 aromatic heterocycles. The summed E-state index contributed by atoms with van der Waals surface area (Å²) in [6.45, 7) is 9.40. The molecule has 1 unspecified atom stereocenters. The smallest absolute Gasteiger partial charge is 0.410 e. The van der Waals surface area contributed by atoms with Crippen molar-refractivity contribution in [2.75, 3.05) is 26.9 Å². The molecule has 9 heteroatoms. The second-order valence-corrected chi connectivity index (χ2v) is 11.2. The third-order valence-corrected chi connectivity index (χ3v) is 6.83. The summed E-state index contributed by atoms with van der Waals surface area (Å²) in [7, 11) is 1.38. The highest BCUT2D eigenvalue weighted by molar-refractivity contribution is 5.73. The standard InChI is InChI=1S/C31H38N2O7/c1-20-25(32-28(40-20)21-9-7-6-8-10-21)14-16-38-26-12-11-22(17-27(37-5)29(34)35)24-18-33(15-13-23(24)26)30(36)39-19-31(2,3)4/h6-12,27H,13-19H2,1-5H3,(H,34,35). The summed E-state index contributed by atoms with van der Waals surface area (Å²) in [6.07, 6.45) is -0.0631. The maximum atomic E-state index is 12.8. The van der Waals surface area contributed by atoms with Crippen molar-refractivity contribution < 1.29 is 33.3 Å². The third kappa shape index (κ3) is 7.21. The van der Waals surface area contributed by atoms with Gasteiger partial charge in [-0.15, -0.1) is 0 Å². The van der Waals surface area contributed by atoms with Crippen molar-refractivity contribution in [2.24, 2.45) is 5.41 Å². The lowest BCUT2D eigenvalue weighted by Gasteiger charge is -2.32. The van der Waals surface area contributed by atoms with Gasteiger partial charge >= 0.3 is 12.1 Å². The lowest BCUT2D eigenvalue weighted by atomic mass is 9.91. The Labute approximate surface area is 235 Å². The fourth-order valence-corrected chi connectivity index (χ4v) is 4.65. The minimum absolute atomic E-state index is 0.146. The maximum absolute atomic E-state index is 12.8. The number of oxazole rings is 1. The van der Waals surface area contributed by atoms with E-state index in [4.69, 9.17) is 18.6 Å². The minimum atomic E-state index is -1.04. The van der Waals surface area contributed by atoms with Gasteiger partial charge in [0, 0.05) is 44.2 Å². The Bertz CT molecular complexity index is 1330. The quantitative estimate of drug-likeness (QED) is 0.355. The van der Waals surface area contributed by atoms with Crippen LogP contribution in [0, 0.1) is 12.3 Å². The van der Waals surface area contributed by atoms with E-state index in [1.807, 2.05) is 70.2 Å². The van der Waals surface area contributed by atoms with Gasteiger partial charge in [-0.25, -0.2) is 14.6 Å². The molecule has 214 valence electrons. The van der Waals surface area contributed by atoms with Gasteiger partial charge in [0.2, 0.25) is 5.89 Å². The zero-order valence-corrected chi connectivity index (χ0v) is 23.9. The molecule has 4 rings (SSSR count). The molecule has 0 bridgehead atoms. The number of carbonyl (C=O) groups is 2. The molecule has 0 saturated heterocycles. The predicted octanol–water partition coefficient (Wildman–Crippen LogP) is 5.45. The second kappa shape index (κ2) is 12.6. The van der Waals surface area contributed by atoms with Gasteiger partial charge in [0.25, 0.3) is 0 Å². The van der Waals surface area contributed by atoms with Gasteiger partial charge in [-0.1, -0.05) is 45.0 Å². The summed E-state index contributed by atoms with van der Waals surface area (Å²) in [4.78, 5) is 30.8. The Morgan fingerprint density at radius 2 is 1.88 bits per heavy atom. The molecule has 0 radical (unpaired) electrons. The lowest BCUT2D eigenvalue weighted by Crippen LogP contribution is -2.38. The van der Waals surface area contributed by atoms with Crippen molar-refractivity contribution in [2.45, 2.75) is 59.6 Å². The van der Waals surface area contributed by atoms with Gasteiger partial charge in [-0.05, 0) is 48.1 Å². The van der Waals surface area contributed by atoms with Crippen LogP contribution >= 0.6 is 0 Å². The Balaban J connectivity index is 1.51. The van der Waals surface area contributed by atoms with Crippen LogP contribution in [-0.4, -0.2) is 60.0 Å². The molecule has 0 aliphatic carbocycles. The fraction of sp³-hybridized carbons (Fsp3) is 0.452. The average molecular weight is 551 g/mol. The van der Waals surface area contributed by atoms with Crippen molar-refractivity contribution in [3.05, 3.63) is 70.6 Å². The van der Waals surface area contributed by atoms with Crippen LogP contribution in [0.1, 0.15) is 48.9 Å². The van der Waals surface area contributed by atoms with Crippen molar-refractivity contribution >= 4 is 12.1 Å². The first kappa shape index (κ1) is 29.1. The number of hydrogen-bond acceptors (Lipinski definition) is 7. The van der Waals surface area contributed by atoms with Crippen molar-refractivity contribution in [1.82, 2.24) is 9.88 Å². The number of methoxy groups -OCH3 is 1. The molecule has 1 N–H and O–H groups in total. The van der Waals surface area contributed by atoms with E-state index in [1.54, 1.807) is 4.90 Å². The molecule has 9 nitrogen and oxygen atoms in total. The van der Waals surface area contributed by atoms with Crippen molar-refractivity contribution in [3.63, 3.8) is 0 Å². The topological polar surface area (TPSA) is 111 Å². The molecule has 0 fully saturated rings. The molecule has 1 amide bonds. The zero-order valence-electron chi connectivity index (χ0n) is 23.9. The van der Waals surface area contributed by atoms with Crippen LogP contribution in [0.4, 0.5) is 4.79 Å². The molecule has 1 atom stereocenters. The van der Waals surface area contributed by atoms with E-state index in [0.29, 0.717) is 45.0 Å². The second-order valence-electron chi connectivity index (χ2n) is 11.2. The lowest BCUT2D eigenvalue weighted by molar-refractivity contribution is -0.148. The summed E-state index contributed by atoms with van der Waals surface area (Å²) in [5.74, 6) is 1.02. The number of carboxylic acids is 1. The van der Waals surface area contributed by atoms with Gasteiger partial charge in [0.1, 0.15) is 11.5 Å².